The van der Waals surface area contributed by atoms with Gasteiger partial charge in [0, 0.05) is 6.54 Å². The number of oxime groups is 1. The minimum Gasteiger partial charge on any atom is -0.409 e. The van der Waals surface area contributed by atoms with Crippen molar-refractivity contribution in [1.82, 2.24) is 14.5 Å². The van der Waals surface area contributed by atoms with Gasteiger partial charge in [0.1, 0.15) is 4.88 Å². The molecule has 0 spiro atoms. The molecule has 2 heterocycles. The number of amides is 1. The van der Waals surface area contributed by atoms with E-state index in [1.165, 1.54) is 6.20 Å². The van der Waals surface area contributed by atoms with E-state index >= 15 is 0 Å². The van der Waals surface area contributed by atoms with Crippen LogP contribution in [0.4, 0.5) is 0 Å². The molecule has 1 unspecified atom stereocenters. The van der Waals surface area contributed by atoms with Gasteiger partial charge in [-0.15, -0.1) is 5.10 Å². The van der Waals surface area contributed by atoms with Gasteiger partial charge >= 0.3 is 0 Å². The number of hydrogen-bond donors (Lipinski definition) is 2. The third-order valence-electron chi connectivity index (χ3n) is 2.79. The van der Waals surface area contributed by atoms with Gasteiger partial charge in [0.25, 0.3) is 5.91 Å². The lowest BCUT2D eigenvalue weighted by Gasteiger charge is -2.34. The number of likely N-dealkylation sites (tertiary alicyclic amines) is 1. The molecular weight excluding hydrogens is 242 g/mol. The molecule has 1 aromatic heterocycles. The van der Waals surface area contributed by atoms with E-state index in [-0.39, 0.29) is 17.8 Å². The second kappa shape index (κ2) is 5.09. The Labute approximate surface area is 102 Å². The normalized spacial score (nSPS) is 21.5. The summed E-state index contributed by atoms with van der Waals surface area (Å²) in [6, 6.07) is -0.330. The van der Waals surface area contributed by atoms with Crippen LogP contribution in [0, 0.1) is 0 Å². The zero-order chi connectivity index (χ0) is 12.3. The van der Waals surface area contributed by atoms with E-state index in [2.05, 4.69) is 14.7 Å². The second-order valence-electron chi connectivity index (χ2n) is 3.82. The first-order valence-corrected chi connectivity index (χ1v) is 6.07. The summed E-state index contributed by atoms with van der Waals surface area (Å²) in [4.78, 5) is 14.2. The third-order valence-corrected chi connectivity index (χ3v) is 3.45. The summed E-state index contributed by atoms with van der Waals surface area (Å²) in [5.74, 6) is -0.0770. The predicted molar refractivity (Wildman–Crippen MR) is 62.0 cm³/mol. The maximum absolute atomic E-state index is 12.2. The van der Waals surface area contributed by atoms with Crippen LogP contribution in [0.1, 0.15) is 28.9 Å². The van der Waals surface area contributed by atoms with Gasteiger partial charge in [0.05, 0.1) is 12.2 Å². The molecule has 3 N–H and O–H groups in total. The average Bonchev–Trinajstić information content (AvgIpc) is 2.91. The SMILES string of the molecule is NC(=NO)C1CCCCN1C(=O)c1cnns1. The molecule has 1 aliphatic rings. The zero-order valence-corrected chi connectivity index (χ0v) is 9.93. The molecule has 1 atom stereocenters. The number of aromatic nitrogens is 2. The fraction of sp³-hybridized carbons (Fsp3) is 0.556. The van der Waals surface area contributed by atoms with Crippen LogP contribution in [0.2, 0.25) is 0 Å². The van der Waals surface area contributed by atoms with Crippen LogP contribution in [0.3, 0.4) is 0 Å². The molecule has 7 nitrogen and oxygen atoms in total. The number of rotatable bonds is 2. The molecule has 92 valence electrons. The Morgan fingerprint density at radius 3 is 3.12 bits per heavy atom. The van der Waals surface area contributed by atoms with E-state index in [4.69, 9.17) is 10.9 Å². The molecule has 1 amide bonds. The van der Waals surface area contributed by atoms with E-state index in [0.717, 1.165) is 24.4 Å². The summed E-state index contributed by atoms with van der Waals surface area (Å²) in [7, 11) is 0. The number of nitrogens with two attached hydrogens (primary N) is 1. The van der Waals surface area contributed by atoms with E-state index in [0.29, 0.717) is 17.8 Å². The summed E-state index contributed by atoms with van der Waals surface area (Å²) in [5, 5.41) is 15.4. The molecule has 1 aliphatic heterocycles. The first-order chi connectivity index (χ1) is 8.24. The topological polar surface area (TPSA) is 105 Å². The fourth-order valence-corrected chi connectivity index (χ4v) is 2.42. The highest BCUT2D eigenvalue weighted by molar-refractivity contribution is 7.07. The molecule has 0 aliphatic carbocycles. The van der Waals surface area contributed by atoms with Gasteiger partial charge in [-0.25, -0.2) is 0 Å². The number of nitrogens with zero attached hydrogens (tertiary/aromatic N) is 4. The van der Waals surface area contributed by atoms with E-state index in [9.17, 15) is 4.79 Å². The van der Waals surface area contributed by atoms with Crippen molar-refractivity contribution in [2.24, 2.45) is 10.9 Å². The van der Waals surface area contributed by atoms with Gasteiger partial charge in [-0.2, -0.15) is 0 Å². The molecule has 17 heavy (non-hydrogen) atoms. The van der Waals surface area contributed by atoms with Crippen LogP contribution in [0.15, 0.2) is 11.4 Å². The Morgan fingerprint density at radius 2 is 2.47 bits per heavy atom. The Hall–Kier alpha value is -1.70. The number of hydrogen-bond acceptors (Lipinski definition) is 6. The van der Waals surface area contributed by atoms with Gasteiger partial charge in [-0.3, -0.25) is 4.79 Å². The molecule has 8 heteroatoms. The number of carbonyl (C=O) groups is 1. The highest BCUT2D eigenvalue weighted by atomic mass is 32.1. The van der Waals surface area contributed by atoms with Crippen LogP contribution in [-0.4, -0.2) is 44.0 Å². The van der Waals surface area contributed by atoms with Gasteiger partial charge in [0.2, 0.25) is 0 Å². The summed E-state index contributed by atoms with van der Waals surface area (Å²) in [6.07, 6.45) is 4.04. The quantitative estimate of drug-likeness (QED) is 0.342. The molecule has 2 rings (SSSR count). The van der Waals surface area contributed by atoms with Crippen molar-refractivity contribution in [3.63, 3.8) is 0 Å². The van der Waals surface area contributed by atoms with E-state index in [1.807, 2.05) is 0 Å². The molecule has 1 aromatic rings. The predicted octanol–water partition coefficient (Wildman–Crippen LogP) is 0.279. The summed E-state index contributed by atoms with van der Waals surface area (Å²) in [6.45, 7) is 0.609. The van der Waals surface area contributed by atoms with Gasteiger partial charge in [-0.05, 0) is 30.8 Å². The lowest BCUT2D eigenvalue weighted by molar-refractivity contribution is 0.0681. The standard InChI is InChI=1S/C9H13N5O2S/c10-8(12-16)6-3-1-2-4-14(6)9(15)7-5-11-13-17-7/h5-6,16H,1-4H2,(H2,10,12). The second-order valence-corrected chi connectivity index (χ2v) is 4.60. The van der Waals surface area contributed by atoms with Crippen LogP contribution in [-0.2, 0) is 0 Å². The van der Waals surface area contributed by atoms with Crippen molar-refractivity contribution in [3.8, 4) is 0 Å². The van der Waals surface area contributed by atoms with Crippen LogP contribution in [0.5, 0.6) is 0 Å². The monoisotopic (exact) mass is 255 g/mol. The van der Waals surface area contributed by atoms with Gasteiger partial charge < -0.3 is 15.8 Å². The number of amidine groups is 1. The smallest absolute Gasteiger partial charge is 0.267 e. The Balaban J connectivity index is 2.19. The van der Waals surface area contributed by atoms with Crippen molar-refractivity contribution >= 4 is 23.3 Å². The number of piperidine rings is 1. The third kappa shape index (κ3) is 2.36. The Bertz CT molecular complexity index is 419. The maximum Gasteiger partial charge on any atom is 0.267 e. The summed E-state index contributed by atoms with van der Waals surface area (Å²) in [5.41, 5.74) is 5.61. The summed E-state index contributed by atoms with van der Waals surface area (Å²) >= 11 is 1.05. The van der Waals surface area contributed by atoms with Gasteiger partial charge in [-0.1, -0.05) is 9.64 Å². The molecule has 0 aromatic carbocycles. The highest BCUT2D eigenvalue weighted by Crippen LogP contribution is 2.20. The molecule has 1 saturated heterocycles. The molecule has 0 saturated carbocycles. The lowest BCUT2D eigenvalue weighted by Crippen LogP contribution is -2.50. The Morgan fingerprint density at radius 1 is 1.65 bits per heavy atom. The maximum atomic E-state index is 12.2. The zero-order valence-electron chi connectivity index (χ0n) is 9.11. The van der Waals surface area contributed by atoms with Crippen molar-refractivity contribution < 1.29 is 10.0 Å². The first-order valence-electron chi connectivity index (χ1n) is 5.29. The van der Waals surface area contributed by atoms with Crippen LogP contribution < -0.4 is 5.73 Å². The lowest BCUT2D eigenvalue weighted by atomic mass is 10.0. The molecular formula is C9H13N5O2S. The van der Waals surface area contributed by atoms with E-state index in [1.54, 1.807) is 4.90 Å². The minimum absolute atomic E-state index is 0.0792. The van der Waals surface area contributed by atoms with Crippen molar-refractivity contribution in [1.29, 1.82) is 0 Å². The van der Waals surface area contributed by atoms with Crippen molar-refractivity contribution in [2.45, 2.75) is 25.3 Å². The molecule has 1 fully saturated rings. The Kier molecular flexibility index (Phi) is 3.52. The first kappa shape index (κ1) is 11.8. The number of carbonyl (C=O) groups excluding carboxylic acids is 1. The average molecular weight is 255 g/mol. The molecule has 0 radical (unpaired) electrons. The largest absolute Gasteiger partial charge is 0.409 e. The highest BCUT2D eigenvalue weighted by Gasteiger charge is 2.31. The molecule has 0 bridgehead atoms. The minimum atomic E-state index is -0.330. The van der Waals surface area contributed by atoms with Crippen molar-refractivity contribution in [3.05, 3.63) is 11.1 Å². The van der Waals surface area contributed by atoms with Crippen LogP contribution >= 0.6 is 11.5 Å². The summed E-state index contributed by atoms with van der Waals surface area (Å²) < 4.78 is 3.66. The van der Waals surface area contributed by atoms with Crippen molar-refractivity contribution in [2.75, 3.05) is 6.54 Å². The van der Waals surface area contributed by atoms with Gasteiger partial charge in [0.15, 0.2) is 5.84 Å². The van der Waals surface area contributed by atoms with E-state index < -0.39 is 0 Å². The fourth-order valence-electron chi connectivity index (χ4n) is 1.95. The van der Waals surface area contributed by atoms with Crippen LogP contribution in [0.25, 0.3) is 0 Å².